The van der Waals surface area contributed by atoms with E-state index in [1.807, 2.05) is 30.3 Å². The molecule has 0 aliphatic rings. The Labute approximate surface area is 161 Å². The SMILES string of the molecule is COc1ccc(CN(CC(C)C)C[C@@H](O)COCc2ccco2)cc1OC. The fraction of sp³-hybridized carbons (Fsp3) is 0.524. The van der Waals surface area contributed by atoms with E-state index in [0.29, 0.717) is 37.1 Å². The van der Waals surface area contributed by atoms with E-state index in [9.17, 15) is 5.11 Å². The molecule has 0 saturated heterocycles. The minimum absolute atomic E-state index is 0.265. The van der Waals surface area contributed by atoms with E-state index < -0.39 is 6.10 Å². The molecule has 1 atom stereocenters. The van der Waals surface area contributed by atoms with Crippen LogP contribution in [0, 0.1) is 5.92 Å². The highest BCUT2D eigenvalue weighted by Gasteiger charge is 2.15. The van der Waals surface area contributed by atoms with Crippen LogP contribution in [-0.4, -0.2) is 50.0 Å². The molecule has 2 rings (SSSR count). The molecule has 0 saturated carbocycles. The lowest BCUT2D eigenvalue weighted by atomic mass is 10.1. The lowest BCUT2D eigenvalue weighted by Gasteiger charge is -2.27. The Bertz CT molecular complexity index is 657. The number of furan rings is 1. The van der Waals surface area contributed by atoms with Gasteiger partial charge < -0.3 is 23.7 Å². The fourth-order valence-corrected chi connectivity index (χ4v) is 3.00. The molecule has 150 valence electrons. The Morgan fingerprint density at radius 2 is 1.85 bits per heavy atom. The van der Waals surface area contributed by atoms with Gasteiger partial charge in [-0.25, -0.2) is 0 Å². The molecular formula is C21H31NO5. The first-order chi connectivity index (χ1) is 13.0. The van der Waals surface area contributed by atoms with E-state index in [-0.39, 0.29) is 6.61 Å². The van der Waals surface area contributed by atoms with Crippen LogP contribution in [0.15, 0.2) is 41.0 Å². The number of aliphatic hydroxyl groups is 1. The molecule has 0 amide bonds. The predicted molar refractivity (Wildman–Crippen MR) is 104 cm³/mol. The zero-order chi connectivity index (χ0) is 19.6. The van der Waals surface area contributed by atoms with Crippen LogP contribution in [0.3, 0.4) is 0 Å². The number of benzene rings is 1. The van der Waals surface area contributed by atoms with Crippen LogP contribution < -0.4 is 9.47 Å². The Hall–Kier alpha value is -2.02. The van der Waals surface area contributed by atoms with Gasteiger partial charge in [-0.05, 0) is 35.7 Å². The maximum atomic E-state index is 10.4. The normalized spacial score (nSPS) is 12.6. The molecule has 1 N–H and O–H groups in total. The number of methoxy groups -OCH3 is 2. The van der Waals surface area contributed by atoms with Crippen LogP contribution in [-0.2, 0) is 17.9 Å². The maximum absolute atomic E-state index is 10.4. The lowest BCUT2D eigenvalue weighted by molar-refractivity contribution is 0.00223. The first kappa shape index (κ1) is 21.3. The summed E-state index contributed by atoms with van der Waals surface area (Å²) in [6, 6.07) is 9.59. The van der Waals surface area contributed by atoms with Crippen molar-refractivity contribution in [3.63, 3.8) is 0 Å². The molecule has 0 unspecified atom stereocenters. The second-order valence-corrected chi connectivity index (χ2v) is 7.03. The van der Waals surface area contributed by atoms with Gasteiger partial charge in [0.15, 0.2) is 11.5 Å². The number of rotatable bonds is 12. The van der Waals surface area contributed by atoms with E-state index in [1.54, 1.807) is 20.5 Å². The molecule has 2 aromatic rings. The molecule has 1 aromatic heterocycles. The van der Waals surface area contributed by atoms with Crippen molar-refractivity contribution in [2.75, 3.05) is 33.9 Å². The highest BCUT2D eigenvalue weighted by atomic mass is 16.5. The molecule has 6 nitrogen and oxygen atoms in total. The van der Waals surface area contributed by atoms with Crippen LogP contribution >= 0.6 is 0 Å². The van der Waals surface area contributed by atoms with Gasteiger partial charge in [-0.15, -0.1) is 0 Å². The summed E-state index contributed by atoms with van der Waals surface area (Å²) in [5.74, 6) is 2.66. The van der Waals surface area contributed by atoms with Crippen molar-refractivity contribution in [2.45, 2.75) is 33.1 Å². The molecule has 0 spiro atoms. The fourth-order valence-electron chi connectivity index (χ4n) is 3.00. The van der Waals surface area contributed by atoms with Crippen molar-refractivity contribution in [3.05, 3.63) is 47.9 Å². The summed E-state index contributed by atoms with van der Waals surface area (Å²) >= 11 is 0. The average Bonchev–Trinajstić information content (AvgIpc) is 3.14. The minimum Gasteiger partial charge on any atom is -0.493 e. The summed E-state index contributed by atoms with van der Waals surface area (Å²) in [7, 11) is 3.26. The lowest BCUT2D eigenvalue weighted by Crippen LogP contribution is -2.36. The van der Waals surface area contributed by atoms with Crippen LogP contribution in [0.2, 0.25) is 0 Å². The molecule has 1 aromatic carbocycles. The summed E-state index contributed by atoms with van der Waals surface area (Å²) in [6.45, 7) is 7.09. The summed E-state index contributed by atoms with van der Waals surface area (Å²) in [4.78, 5) is 2.23. The summed E-state index contributed by atoms with van der Waals surface area (Å²) in [5.41, 5.74) is 1.11. The zero-order valence-corrected chi connectivity index (χ0v) is 16.7. The Morgan fingerprint density at radius 1 is 1.07 bits per heavy atom. The van der Waals surface area contributed by atoms with E-state index >= 15 is 0 Å². The minimum atomic E-state index is -0.571. The third-order valence-corrected chi connectivity index (χ3v) is 4.08. The molecular weight excluding hydrogens is 346 g/mol. The van der Waals surface area contributed by atoms with Gasteiger partial charge in [-0.3, -0.25) is 4.90 Å². The van der Waals surface area contributed by atoms with Crippen molar-refractivity contribution < 1.29 is 23.7 Å². The topological polar surface area (TPSA) is 64.3 Å². The Balaban J connectivity index is 1.91. The Morgan fingerprint density at radius 3 is 2.48 bits per heavy atom. The first-order valence-corrected chi connectivity index (χ1v) is 9.23. The van der Waals surface area contributed by atoms with Crippen molar-refractivity contribution in [1.29, 1.82) is 0 Å². The molecule has 0 fully saturated rings. The standard InChI is InChI=1S/C21H31NO5/c1-16(2)11-22(12-17-7-8-20(24-3)21(10-17)25-4)13-18(23)14-26-15-19-6-5-9-27-19/h5-10,16,18,23H,11-15H2,1-4H3/t18-/m1/s1. The molecule has 0 bridgehead atoms. The smallest absolute Gasteiger partial charge is 0.161 e. The van der Waals surface area contributed by atoms with Gasteiger partial charge in [0.2, 0.25) is 0 Å². The summed E-state index contributed by atoms with van der Waals surface area (Å²) < 4.78 is 21.5. The van der Waals surface area contributed by atoms with Gasteiger partial charge >= 0.3 is 0 Å². The number of aliphatic hydroxyl groups excluding tert-OH is 1. The third kappa shape index (κ3) is 7.25. The largest absolute Gasteiger partial charge is 0.493 e. The van der Waals surface area contributed by atoms with Crippen LogP contribution in [0.25, 0.3) is 0 Å². The third-order valence-electron chi connectivity index (χ3n) is 4.08. The van der Waals surface area contributed by atoms with Gasteiger partial charge in [0.05, 0.1) is 33.2 Å². The van der Waals surface area contributed by atoms with Crippen LogP contribution in [0.5, 0.6) is 11.5 Å². The molecule has 0 aliphatic heterocycles. The van der Waals surface area contributed by atoms with Gasteiger partial charge in [0.25, 0.3) is 0 Å². The van der Waals surface area contributed by atoms with Crippen molar-refractivity contribution in [1.82, 2.24) is 4.90 Å². The van der Waals surface area contributed by atoms with Crippen LogP contribution in [0.4, 0.5) is 0 Å². The van der Waals surface area contributed by atoms with Gasteiger partial charge in [0, 0.05) is 19.6 Å². The first-order valence-electron chi connectivity index (χ1n) is 9.23. The van der Waals surface area contributed by atoms with Crippen molar-refractivity contribution in [3.8, 4) is 11.5 Å². The van der Waals surface area contributed by atoms with Gasteiger partial charge in [-0.1, -0.05) is 19.9 Å². The van der Waals surface area contributed by atoms with E-state index in [4.69, 9.17) is 18.6 Å². The number of ether oxygens (including phenoxy) is 3. The van der Waals surface area contributed by atoms with Crippen LogP contribution in [0.1, 0.15) is 25.2 Å². The van der Waals surface area contributed by atoms with E-state index in [2.05, 4.69) is 18.7 Å². The highest BCUT2D eigenvalue weighted by molar-refractivity contribution is 5.42. The molecule has 6 heteroatoms. The molecule has 27 heavy (non-hydrogen) atoms. The number of nitrogens with zero attached hydrogens (tertiary/aromatic N) is 1. The summed E-state index contributed by atoms with van der Waals surface area (Å²) in [6.07, 6.45) is 1.04. The highest BCUT2D eigenvalue weighted by Crippen LogP contribution is 2.28. The quantitative estimate of drug-likeness (QED) is 0.612. The van der Waals surface area contributed by atoms with Crippen molar-refractivity contribution in [2.24, 2.45) is 5.92 Å². The number of hydrogen-bond donors (Lipinski definition) is 1. The van der Waals surface area contributed by atoms with Crippen molar-refractivity contribution >= 4 is 0 Å². The molecule has 0 radical (unpaired) electrons. The van der Waals surface area contributed by atoms with Gasteiger partial charge in [0.1, 0.15) is 12.4 Å². The number of hydrogen-bond acceptors (Lipinski definition) is 6. The second kappa shape index (κ2) is 11.0. The molecule has 0 aliphatic carbocycles. The zero-order valence-electron chi connectivity index (χ0n) is 16.7. The summed E-state index contributed by atoms with van der Waals surface area (Å²) in [5, 5.41) is 10.4. The predicted octanol–water partition coefficient (Wildman–Crippen LogP) is 3.33. The Kier molecular flexibility index (Phi) is 8.64. The maximum Gasteiger partial charge on any atom is 0.161 e. The monoisotopic (exact) mass is 377 g/mol. The van der Waals surface area contributed by atoms with Gasteiger partial charge in [-0.2, -0.15) is 0 Å². The van der Waals surface area contributed by atoms with E-state index in [0.717, 1.165) is 17.9 Å². The average molecular weight is 377 g/mol. The van der Waals surface area contributed by atoms with E-state index in [1.165, 1.54) is 0 Å². The second-order valence-electron chi connectivity index (χ2n) is 7.03. The molecule has 1 heterocycles.